The van der Waals surface area contributed by atoms with Crippen LogP contribution in [0.1, 0.15) is 59.3 Å². The van der Waals surface area contributed by atoms with Crippen molar-refractivity contribution in [3.8, 4) is 0 Å². The third-order valence-electron chi connectivity index (χ3n) is 6.78. The van der Waals surface area contributed by atoms with E-state index < -0.39 is 5.97 Å². The van der Waals surface area contributed by atoms with Crippen LogP contribution in [0.5, 0.6) is 0 Å². The first-order valence-electron chi connectivity index (χ1n) is 9.31. The van der Waals surface area contributed by atoms with E-state index in [4.69, 9.17) is 4.74 Å². The van der Waals surface area contributed by atoms with Gasteiger partial charge in [-0.15, -0.1) is 11.3 Å². The lowest BCUT2D eigenvalue weighted by Gasteiger charge is -2.55. The molecule has 0 spiro atoms. The number of carbonyl (C=O) groups is 2. The number of carboxylic acids is 1. The Morgan fingerprint density at radius 2 is 1.76 bits per heavy atom. The Morgan fingerprint density at radius 1 is 1.12 bits per heavy atom. The lowest BCUT2D eigenvalue weighted by atomic mass is 9.49. The fourth-order valence-corrected chi connectivity index (χ4v) is 7.34. The van der Waals surface area contributed by atoms with Gasteiger partial charge >= 0.3 is 5.97 Å². The lowest BCUT2D eigenvalue weighted by Crippen LogP contribution is -2.51. The molecule has 134 valence electrons. The van der Waals surface area contributed by atoms with Crippen molar-refractivity contribution in [2.24, 2.45) is 23.2 Å². The Bertz CT molecular complexity index is 718. The smallest absolute Gasteiger partial charge is 0.339 e. The van der Waals surface area contributed by atoms with E-state index in [1.807, 2.05) is 0 Å². The number of aromatic carboxylic acids is 1. The van der Waals surface area contributed by atoms with Crippen LogP contribution in [-0.4, -0.2) is 23.6 Å². The highest BCUT2D eigenvalue weighted by Gasteiger charge is 2.54. The van der Waals surface area contributed by atoms with Gasteiger partial charge in [0.15, 0.2) is 0 Å². The lowest BCUT2D eigenvalue weighted by molar-refractivity contribution is -0.140. The molecule has 5 aliphatic rings. The highest BCUT2D eigenvalue weighted by atomic mass is 32.1. The van der Waals surface area contributed by atoms with Gasteiger partial charge in [-0.1, -0.05) is 0 Å². The Morgan fingerprint density at radius 3 is 2.36 bits per heavy atom. The van der Waals surface area contributed by atoms with Crippen LogP contribution in [-0.2, 0) is 22.6 Å². The molecule has 0 atom stereocenters. The third-order valence-corrected chi connectivity index (χ3v) is 7.90. The molecular weight excluding hydrogens is 338 g/mol. The topological polar surface area (TPSA) is 75.6 Å². The Balaban J connectivity index is 1.45. The zero-order valence-electron chi connectivity index (χ0n) is 14.2. The maximum Gasteiger partial charge on any atom is 0.339 e. The van der Waals surface area contributed by atoms with Crippen LogP contribution in [0.2, 0.25) is 0 Å². The number of thiophene rings is 1. The molecule has 4 saturated carbocycles. The summed E-state index contributed by atoms with van der Waals surface area (Å²) in [5.41, 5.74) is 0.886. The Kier molecular flexibility index (Phi) is 3.51. The molecule has 4 fully saturated rings. The summed E-state index contributed by atoms with van der Waals surface area (Å²) in [6, 6.07) is 0. The zero-order chi connectivity index (χ0) is 17.2. The van der Waals surface area contributed by atoms with Crippen LogP contribution in [0.3, 0.4) is 0 Å². The van der Waals surface area contributed by atoms with Crippen LogP contribution >= 0.6 is 11.3 Å². The van der Waals surface area contributed by atoms with Crippen molar-refractivity contribution in [1.82, 2.24) is 0 Å². The van der Waals surface area contributed by atoms with E-state index in [9.17, 15) is 14.7 Å². The van der Waals surface area contributed by atoms with E-state index in [1.165, 1.54) is 30.6 Å². The van der Waals surface area contributed by atoms with Crippen LogP contribution in [0, 0.1) is 23.2 Å². The van der Waals surface area contributed by atoms with Crippen LogP contribution in [0.15, 0.2) is 0 Å². The van der Waals surface area contributed by atoms with Crippen LogP contribution in [0.25, 0.3) is 0 Å². The molecule has 5 nitrogen and oxygen atoms in total. The summed E-state index contributed by atoms with van der Waals surface area (Å²) in [5, 5.41) is 13.2. The van der Waals surface area contributed by atoms with E-state index in [2.05, 4.69) is 5.32 Å². The van der Waals surface area contributed by atoms with Gasteiger partial charge in [0.05, 0.1) is 24.2 Å². The molecule has 2 N–H and O–H groups in total. The number of hydrogen-bond acceptors (Lipinski definition) is 4. The number of amides is 1. The fraction of sp³-hybridized carbons (Fsp3) is 0.684. The summed E-state index contributed by atoms with van der Waals surface area (Å²) in [5.74, 6) is 1.21. The molecule has 6 rings (SSSR count). The second kappa shape index (κ2) is 5.55. The van der Waals surface area contributed by atoms with Gasteiger partial charge in [-0.05, 0) is 68.3 Å². The van der Waals surface area contributed by atoms with Crippen molar-refractivity contribution in [1.29, 1.82) is 0 Å². The van der Waals surface area contributed by atoms with E-state index in [1.54, 1.807) is 0 Å². The van der Waals surface area contributed by atoms with E-state index in [-0.39, 0.29) is 11.3 Å². The SMILES string of the molecule is O=C(O)c1c(NC(=O)C23CC4CC(CC(C4)C2)C3)sc2c1CCOC2. The number of hydrogen-bond donors (Lipinski definition) is 2. The fourth-order valence-electron chi connectivity index (χ4n) is 6.17. The van der Waals surface area contributed by atoms with E-state index in [0.717, 1.165) is 29.7 Å². The van der Waals surface area contributed by atoms with Crippen molar-refractivity contribution < 1.29 is 19.4 Å². The predicted molar refractivity (Wildman–Crippen MR) is 93.9 cm³/mol. The van der Waals surface area contributed by atoms with Crippen LogP contribution < -0.4 is 5.32 Å². The molecule has 0 saturated heterocycles. The second-order valence-electron chi connectivity index (χ2n) is 8.47. The molecule has 25 heavy (non-hydrogen) atoms. The number of anilines is 1. The monoisotopic (exact) mass is 361 g/mol. The van der Waals surface area contributed by atoms with Crippen LogP contribution in [0.4, 0.5) is 5.00 Å². The van der Waals surface area contributed by atoms with Gasteiger partial charge in [-0.25, -0.2) is 4.79 Å². The highest BCUT2D eigenvalue weighted by Crippen LogP contribution is 2.60. The molecule has 2 heterocycles. The predicted octanol–water partition coefficient (Wildman–Crippen LogP) is 3.67. The van der Waals surface area contributed by atoms with Gasteiger partial charge in [0.25, 0.3) is 0 Å². The largest absolute Gasteiger partial charge is 0.478 e. The van der Waals surface area contributed by atoms with Crippen molar-refractivity contribution in [3.05, 3.63) is 16.0 Å². The molecule has 4 aliphatic carbocycles. The van der Waals surface area contributed by atoms with Crippen molar-refractivity contribution in [2.75, 3.05) is 11.9 Å². The normalized spacial score (nSPS) is 35.4. The van der Waals surface area contributed by atoms with Gasteiger partial charge in [-0.2, -0.15) is 0 Å². The number of fused-ring (bicyclic) bond motifs is 1. The van der Waals surface area contributed by atoms with Crippen molar-refractivity contribution in [2.45, 2.75) is 51.6 Å². The first kappa shape index (κ1) is 15.8. The molecule has 0 aromatic carbocycles. The second-order valence-corrected chi connectivity index (χ2v) is 9.57. The number of rotatable bonds is 3. The third kappa shape index (κ3) is 2.45. The Hall–Kier alpha value is -1.40. The average molecular weight is 361 g/mol. The first-order valence-corrected chi connectivity index (χ1v) is 10.1. The number of carbonyl (C=O) groups excluding carboxylic acids is 1. The molecule has 1 aliphatic heterocycles. The van der Waals surface area contributed by atoms with Gasteiger partial charge < -0.3 is 15.2 Å². The summed E-state index contributed by atoms with van der Waals surface area (Å²) in [6.45, 7) is 1.000. The number of carboxylic acid groups (broad SMARTS) is 1. The van der Waals surface area contributed by atoms with Gasteiger partial charge in [0.2, 0.25) is 5.91 Å². The quantitative estimate of drug-likeness (QED) is 0.861. The highest BCUT2D eigenvalue weighted by molar-refractivity contribution is 7.17. The summed E-state index contributed by atoms with van der Waals surface area (Å²) < 4.78 is 5.45. The molecule has 1 amide bonds. The van der Waals surface area contributed by atoms with E-state index in [0.29, 0.717) is 48.0 Å². The summed E-state index contributed by atoms with van der Waals surface area (Å²) >= 11 is 1.38. The number of nitrogens with one attached hydrogen (secondary N) is 1. The Labute approximate surface area is 150 Å². The maximum absolute atomic E-state index is 13.2. The average Bonchev–Trinajstić information content (AvgIpc) is 2.91. The van der Waals surface area contributed by atoms with Crippen molar-refractivity contribution >= 4 is 28.2 Å². The number of ether oxygens (including phenoxy) is 1. The molecule has 6 heteroatoms. The van der Waals surface area contributed by atoms with Gasteiger partial charge in [0, 0.05) is 4.88 Å². The van der Waals surface area contributed by atoms with Crippen molar-refractivity contribution in [3.63, 3.8) is 0 Å². The van der Waals surface area contributed by atoms with E-state index >= 15 is 0 Å². The molecule has 4 bridgehead atoms. The minimum atomic E-state index is -0.944. The molecular formula is C19H23NO4S. The summed E-state index contributed by atoms with van der Waals surface area (Å²) in [7, 11) is 0. The summed E-state index contributed by atoms with van der Waals surface area (Å²) in [4.78, 5) is 26.0. The standard InChI is InChI=1S/C19H23NO4S/c21-17(22)15-13-1-2-24-9-14(13)25-16(15)20-18(23)19-6-10-3-11(7-19)5-12(4-10)8-19/h10-12H,1-9H2,(H,20,23)(H,21,22). The molecule has 1 aromatic rings. The zero-order valence-corrected chi connectivity index (χ0v) is 15.0. The van der Waals surface area contributed by atoms with Gasteiger partial charge in [-0.3, -0.25) is 4.79 Å². The first-order chi connectivity index (χ1) is 12.0. The van der Waals surface area contributed by atoms with Gasteiger partial charge in [0.1, 0.15) is 5.00 Å². The molecule has 0 unspecified atom stereocenters. The maximum atomic E-state index is 13.2. The molecule has 0 radical (unpaired) electrons. The summed E-state index contributed by atoms with van der Waals surface area (Å²) in [6.07, 6.45) is 7.44. The minimum absolute atomic E-state index is 0.0635. The minimum Gasteiger partial charge on any atom is -0.478 e. The molecule has 1 aromatic heterocycles.